The Labute approximate surface area is 440 Å². The number of unbranched alkanes of at least 4 members (excludes halogenated alkanes) is 35. The Morgan fingerprint density at radius 2 is 0.549 bits per heavy atom. The predicted octanol–water partition coefficient (Wildman–Crippen LogP) is 20.8. The predicted molar refractivity (Wildman–Crippen MR) is 307 cm³/mol. The van der Waals surface area contributed by atoms with Gasteiger partial charge in [0.1, 0.15) is 13.2 Å². The third kappa shape index (κ3) is 57.9. The van der Waals surface area contributed by atoms with Gasteiger partial charge in [-0.1, -0.05) is 300 Å². The third-order valence-electron chi connectivity index (χ3n) is 13.5. The molecular formula is C65H116O6. The number of allylic oxidation sites excluding steroid dienone is 10. The minimum absolute atomic E-state index is 0.0873. The fourth-order valence-electron chi connectivity index (χ4n) is 8.95. The van der Waals surface area contributed by atoms with E-state index in [0.717, 1.165) is 77.0 Å². The Balaban J connectivity index is 4.41. The molecule has 6 nitrogen and oxygen atoms in total. The fourth-order valence-corrected chi connectivity index (χ4v) is 8.95. The van der Waals surface area contributed by atoms with Gasteiger partial charge in [0.2, 0.25) is 0 Å². The average molecular weight is 994 g/mol. The molecule has 0 unspecified atom stereocenters. The molecule has 0 fully saturated rings. The highest BCUT2D eigenvalue weighted by atomic mass is 16.6. The van der Waals surface area contributed by atoms with Gasteiger partial charge in [0.15, 0.2) is 6.10 Å². The molecule has 0 aliphatic carbocycles. The summed E-state index contributed by atoms with van der Waals surface area (Å²) < 4.78 is 16.9. The van der Waals surface area contributed by atoms with Crippen LogP contribution in [0.1, 0.15) is 316 Å². The fraction of sp³-hybridized carbons (Fsp3) is 0.800. The lowest BCUT2D eigenvalue weighted by atomic mass is 10.0. The maximum Gasteiger partial charge on any atom is 0.306 e. The second-order valence-corrected chi connectivity index (χ2v) is 20.6. The summed E-state index contributed by atoms with van der Waals surface area (Å²) in [5.41, 5.74) is 0. The van der Waals surface area contributed by atoms with E-state index in [0.29, 0.717) is 19.3 Å². The van der Waals surface area contributed by atoms with Crippen LogP contribution < -0.4 is 0 Å². The van der Waals surface area contributed by atoms with Gasteiger partial charge in [-0.2, -0.15) is 0 Å². The SMILES string of the molecule is CC/C=C\C/C=C\C/C=C\C/C=C\C/C=C\CCCC(=O)OC[C@H](COC(=O)CCCCCCCCCCCCCCCCCCC)OC(=O)CCCCCCCCCCCCCCCCCCCCC. The third-order valence-corrected chi connectivity index (χ3v) is 13.5. The van der Waals surface area contributed by atoms with E-state index in [1.807, 2.05) is 0 Å². The normalized spacial score (nSPS) is 12.4. The largest absolute Gasteiger partial charge is 0.462 e. The first kappa shape index (κ1) is 68.1. The zero-order valence-corrected chi connectivity index (χ0v) is 47.2. The number of ether oxygens (including phenoxy) is 3. The molecule has 0 N–H and O–H groups in total. The number of rotatable bonds is 56. The molecule has 0 saturated carbocycles. The molecular weight excluding hydrogens is 877 g/mol. The molecule has 0 aromatic rings. The molecule has 0 aromatic carbocycles. The van der Waals surface area contributed by atoms with Crippen LogP contribution >= 0.6 is 0 Å². The molecule has 0 aliphatic heterocycles. The zero-order chi connectivity index (χ0) is 51.4. The van der Waals surface area contributed by atoms with E-state index < -0.39 is 6.10 Å². The molecule has 0 rings (SSSR count). The van der Waals surface area contributed by atoms with Crippen LogP contribution in [0.15, 0.2) is 60.8 Å². The van der Waals surface area contributed by atoms with Crippen LogP contribution in [-0.4, -0.2) is 37.2 Å². The Morgan fingerprint density at radius 1 is 0.296 bits per heavy atom. The van der Waals surface area contributed by atoms with Gasteiger partial charge in [-0.3, -0.25) is 14.4 Å². The monoisotopic (exact) mass is 993 g/mol. The minimum Gasteiger partial charge on any atom is -0.462 e. The number of carbonyl (C=O) groups is 3. The standard InChI is InChI=1S/C65H116O6/c1-4-7-10-13-16-19-22-25-28-31-32-35-38-41-44-47-50-53-56-59-65(68)71-62(60-69-63(66)57-54-51-48-45-42-39-36-33-29-26-23-20-17-14-11-8-5-2)61-70-64(67)58-55-52-49-46-43-40-37-34-30-27-24-21-18-15-12-9-6-3/h8,11,17,20,26,29,36,39,45,48,62H,4-7,9-10,12-16,18-19,21-25,27-28,30-35,37-38,40-44,46-47,49-61H2,1-3H3/b11-8-,20-17-,29-26-,39-36-,48-45-/t62-/m1/s1. The van der Waals surface area contributed by atoms with Crippen LogP contribution in [0.5, 0.6) is 0 Å². The Morgan fingerprint density at radius 3 is 0.859 bits per heavy atom. The summed E-state index contributed by atoms with van der Waals surface area (Å²) in [7, 11) is 0. The highest BCUT2D eigenvalue weighted by molar-refractivity contribution is 5.71. The van der Waals surface area contributed by atoms with Crippen molar-refractivity contribution in [3.63, 3.8) is 0 Å². The van der Waals surface area contributed by atoms with E-state index in [4.69, 9.17) is 14.2 Å². The maximum atomic E-state index is 12.9. The van der Waals surface area contributed by atoms with Gasteiger partial charge >= 0.3 is 17.9 Å². The number of hydrogen-bond donors (Lipinski definition) is 0. The first-order chi connectivity index (χ1) is 35.0. The van der Waals surface area contributed by atoms with Crippen molar-refractivity contribution < 1.29 is 28.6 Å². The van der Waals surface area contributed by atoms with Crippen molar-refractivity contribution in [2.45, 2.75) is 322 Å². The molecule has 0 amide bonds. The maximum absolute atomic E-state index is 12.9. The lowest BCUT2D eigenvalue weighted by Crippen LogP contribution is -2.30. The van der Waals surface area contributed by atoms with Gasteiger partial charge in [-0.15, -0.1) is 0 Å². The number of esters is 3. The van der Waals surface area contributed by atoms with E-state index in [2.05, 4.69) is 81.5 Å². The van der Waals surface area contributed by atoms with E-state index in [9.17, 15) is 14.4 Å². The highest BCUT2D eigenvalue weighted by Gasteiger charge is 2.19. The molecule has 0 heterocycles. The molecule has 0 aliphatic rings. The summed E-state index contributed by atoms with van der Waals surface area (Å²) in [4.78, 5) is 38.2. The molecule has 0 radical (unpaired) electrons. The second-order valence-electron chi connectivity index (χ2n) is 20.6. The molecule has 6 heteroatoms. The molecule has 0 bridgehead atoms. The van der Waals surface area contributed by atoms with Crippen molar-refractivity contribution in [1.29, 1.82) is 0 Å². The van der Waals surface area contributed by atoms with Gasteiger partial charge in [-0.25, -0.2) is 0 Å². The highest BCUT2D eigenvalue weighted by Crippen LogP contribution is 2.17. The van der Waals surface area contributed by atoms with Gasteiger partial charge in [-0.05, 0) is 57.8 Å². The summed E-state index contributed by atoms with van der Waals surface area (Å²) in [6.45, 7) is 6.53. The quantitative estimate of drug-likeness (QED) is 0.0261. The van der Waals surface area contributed by atoms with Crippen LogP contribution in [0.3, 0.4) is 0 Å². The molecule has 0 saturated heterocycles. The second kappa shape index (κ2) is 59.7. The van der Waals surface area contributed by atoms with Gasteiger partial charge < -0.3 is 14.2 Å². The van der Waals surface area contributed by atoms with Crippen molar-refractivity contribution in [2.24, 2.45) is 0 Å². The summed E-state index contributed by atoms with van der Waals surface area (Å²) in [5, 5.41) is 0. The molecule has 0 spiro atoms. The lowest BCUT2D eigenvalue weighted by Gasteiger charge is -2.18. The number of carbonyl (C=O) groups excluding carboxylic acids is 3. The van der Waals surface area contributed by atoms with Crippen LogP contribution in [0.4, 0.5) is 0 Å². The van der Waals surface area contributed by atoms with Gasteiger partial charge in [0, 0.05) is 19.3 Å². The van der Waals surface area contributed by atoms with E-state index in [1.54, 1.807) is 0 Å². The van der Waals surface area contributed by atoms with Crippen LogP contribution in [0, 0.1) is 0 Å². The van der Waals surface area contributed by atoms with E-state index in [-0.39, 0.29) is 37.5 Å². The Bertz CT molecular complexity index is 1280. The molecule has 71 heavy (non-hydrogen) atoms. The van der Waals surface area contributed by atoms with Crippen LogP contribution in [0.25, 0.3) is 0 Å². The summed E-state index contributed by atoms with van der Waals surface area (Å²) in [6, 6.07) is 0. The summed E-state index contributed by atoms with van der Waals surface area (Å²) >= 11 is 0. The summed E-state index contributed by atoms with van der Waals surface area (Å²) in [6.07, 6.45) is 75.1. The smallest absolute Gasteiger partial charge is 0.306 e. The van der Waals surface area contributed by atoms with Crippen LogP contribution in [0.2, 0.25) is 0 Å². The zero-order valence-electron chi connectivity index (χ0n) is 47.2. The number of hydrogen-bond acceptors (Lipinski definition) is 6. The van der Waals surface area contributed by atoms with Crippen molar-refractivity contribution in [3.05, 3.63) is 60.8 Å². The Hall–Kier alpha value is -2.89. The molecule has 1 atom stereocenters. The van der Waals surface area contributed by atoms with Gasteiger partial charge in [0.25, 0.3) is 0 Å². The summed E-state index contributed by atoms with van der Waals surface area (Å²) in [5.74, 6) is -0.929. The molecule has 412 valence electrons. The first-order valence-corrected chi connectivity index (χ1v) is 30.8. The van der Waals surface area contributed by atoms with Crippen molar-refractivity contribution in [1.82, 2.24) is 0 Å². The lowest BCUT2D eigenvalue weighted by molar-refractivity contribution is -0.167. The van der Waals surface area contributed by atoms with Crippen molar-refractivity contribution >= 4 is 17.9 Å². The van der Waals surface area contributed by atoms with Gasteiger partial charge in [0.05, 0.1) is 0 Å². The molecule has 0 aromatic heterocycles. The van der Waals surface area contributed by atoms with Crippen LogP contribution in [-0.2, 0) is 28.6 Å². The van der Waals surface area contributed by atoms with Crippen molar-refractivity contribution in [2.75, 3.05) is 13.2 Å². The minimum atomic E-state index is -0.794. The topological polar surface area (TPSA) is 78.9 Å². The first-order valence-electron chi connectivity index (χ1n) is 30.8. The van der Waals surface area contributed by atoms with E-state index >= 15 is 0 Å². The van der Waals surface area contributed by atoms with E-state index in [1.165, 1.54) is 193 Å². The Kier molecular flexibility index (Phi) is 57.2. The van der Waals surface area contributed by atoms with Crippen molar-refractivity contribution in [3.8, 4) is 0 Å². The average Bonchev–Trinajstić information content (AvgIpc) is 3.37.